The molecule has 0 unspecified atom stereocenters. The second-order valence-electron chi connectivity index (χ2n) is 5.88. The third-order valence-electron chi connectivity index (χ3n) is 4.54. The van der Waals surface area contributed by atoms with Gasteiger partial charge in [-0.3, -0.25) is 4.79 Å². The van der Waals surface area contributed by atoms with Crippen molar-refractivity contribution in [1.82, 2.24) is 5.32 Å². The summed E-state index contributed by atoms with van der Waals surface area (Å²) in [6.45, 7) is 4.09. The molecule has 0 aliphatic heterocycles. The first-order valence-corrected chi connectivity index (χ1v) is 7.41. The van der Waals surface area contributed by atoms with Crippen LogP contribution in [-0.4, -0.2) is 18.6 Å². The van der Waals surface area contributed by atoms with Gasteiger partial charge in [-0.05, 0) is 55.4 Å². The number of rotatable bonds is 5. The van der Waals surface area contributed by atoms with Crippen LogP contribution in [-0.2, 0) is 0 Å². The summed E-state index contributed by atoms with van der Waals surface area (Å²) in [6, 6.07) is 7.69. The molecule has 1 aromatic carbocycles. The van der Waals surface area contributed by atoms with Crippen LogP contribution in [0, 0.1) is 11.8 Å². The third kappa shape index (κ3) is 2.72. The molecule has 2 fully saturated rings. The molecular formula is C17H21NO2. The van der Waals surface area contributed by atoms with Crippen molar-refractivity contribution < 1.29 is 9.53 Å². The van der Waals surface area contributed by atoms with Crippen LogP contribution in [0.4, 0.5) is 0 Å². The molecule has 0 radical (unpaired) electrons. The van der Waals surface area contributed by atoms with Gasteiger partial charge in [0.1, 0.15) is 12.4 Å². The number of carbonyl (C=O) groups excluding carboxylic acids is 1. The number of hydrogen-bond donors (Lipinski definition) is 1. The first-order valence-electron chi connectivity index (χ1n) is 7.41. The van der Waals surface area contributed by atoms with E-state index in [9.17, 15) is 4.79 Å². The number of benzene rings is 1. The summed E-state index contributed by atoms with van der Waals surface area (Å²) in [5.74, 6) is 2.36. The van der Waals surface area contributed by atoms with Crippen molar-refractivity contribution in [2.75, 3.05) is 6.61 Å². The van der Waals surface area contributed by atoms with E-state index in [4.69, 9.17) is 4.74 Å². The maximum atomic E-state index is 12.2. The zero-order valence-electron chi connectivity index (χ0n) is 11.7. The molecule has 0 spiro atoms. The Morgan fingerprint density at radius 3 is 2.70 bits per heavy atom. The summed E-state index contributed by atoms with van der Waals surface area (Å²) in [4.78, 5) is 12.2. The lowest BCUT2D eigenvalue weighted by Crippen LogP contribution is -2.38. The fraction of sp³-hybridized carbons (Fsp3) is 0.471. The highest BCUT2D eigenvalue weighted by molar-refractivity contribution is 5.94. The van der Waals surface area contributed by atoms with Gasteiger partial charge in [0, 0.05) is 11.6 Å². The van der Waals surface area contributed by atoms with E-state index >= 15 is 0 Å². The molecule has 3 atom stereocenters. The molecular weight excluding hydrogens is 250 g/mol. The van der Waals surface area contributed by atoms with Gasteiger partial charge < -0.3 is 10.1 Å². The molecule has 2 saturated carbocycles. The van der Waals surface area contributed by atoms with Gasteiger partial charge in [-0.2, -0.15) is 0 Å². The Balaban J connectivity index is 1.58. The molecule has 2 aliphatic carbocycles. The average Bonchev–Trinajstić information content (AvgIpc) is 3.08. The minimum absolute atomic E-state index is 0.0396. The number of nitrogens with one attached hydrogen (secondary N) is 1. The lowest BCUT2D eigenvalue weighted by Gasteiger charge is -2.22. The molecule has 0 aromatic heterocycles. The smallest absolute Gasteiger partial charge is 0.251 e. The Morgan fingerprint density at radius 1 is 1.30 bits per heavy atom. The van der Waals surface area contributed by atoms with Gasteiger partial charge in [-0.15, -0.1) is 0 Å². The van der Waals surface area contributed by atoms with Gasteiger partial charge in [0.05, 0.1) is 0 Å². The van der Waals surface area contributed by atoms with Gasteiger partial charge in [0.15, 0.2) is 0 Å². The lowest BCUT2D eigenvalue weighted by molar-refractivity contribution is 0.0923. The molecule has 2 bridgehead atoms. The fourth-order valence-corrected chi connectivity index (χ4v) is 3.53. The first-order chi connectivity index (χ1) is 9.76. The zero-order chi connectivity index (χ0) is 13.9. The van der Waals surface area contributed by atoms with E-state index in [1.165, 1.54) is 19.3 Å². The predicted molar refractivity (Wildman–Crippen MR) is 78.8 cm³/mol. The fourth-order valence-electron chi connectivity index (χ4n) is 3.53. The highest BCUT2D eigenvalue weighted by atomic mass is 16.5. The minimum Gasteiger partial charge on any atom is -0.490 e. The van der Waals surface area contributed by atoms with Crippen molar-refractivity contribution in [2.45, 2.75) is 31.7 Å². The van der Waals surface area contributed by atoms with Crippen molar-refractivity contribution >= 4 is 5.91 Å². The molecule has 3 heteroatoms. The van der Waals surface area contributed by atoms with E-state index in [-0.39, 0.29) is 5.91 Å². The first kappa shape index (κ1) is 13.2. The van der Waals surface area contributed by atoms with Crippen LogP contribution in [0.5, 0.6) is 5.75 Å². The van der Waals surface area contributed by atoms with Crippen LogP contribution >= 0.6 is 0 Å². The Hall–Kier alpha value is -1.77. The Morgan fingerprint density at radius 2 is 2.10 bits per heavy atom. The molecule has 106 valence electrons. The van der Waals surface area contributed by atoms with Crippen LogP contribution in [0.15, 0.2) is 36.9 Å². The molecule has 20 heavy (non-hydrogen) atoms. The maximum absolute atomic E-state index is 12.2. The summed E-state index contributed by atoms with van der Waals surface area (Å²) in [6.07, 6.45) is 6.81. The van der Waals surface area contributed by atoms with Gasteiger partial charge >= 0.3 is 0 Å². The van der Waals surface area contributed by atoms with E-state index < -0.39 is 0 Å². The highest BCUT2D eigenvalue weighted by Crippen LogP contribution is 2.44. The van der Waals surface area contributed by atoms with Gasteiger partial charge in [0.2, 0.25) is 0 Å². The lowest BCUT2D eigenvalue weighted by atomic mass is 9.95. The Bertz CT molecular complexity index is 494. The van der Waals surface area contributed by atoms with E-state index in [0.29, 0.717) is 24.1 Å². The minimum atomic E-state index is 0.0396. The van der Waals surface area contributed by atoms with Crippen molar-refractivity contribution in [2.24, 2.45) is 11.8 Å². The summed E-state index contributed by atoms with van der Waals surface area (Å²) < 4.78 is 5.41. The van der Waals surface area contributed by atoms with E-state index in [0.717, 1.165) is 18.1 Å². The summed E-state index contributed by atoms with van der Waals surface area (Å²) >= 11 is 0. The van der Waals surface area contributed by atoms with Crippen LogP contribution in [0.1, 0.15) is 36.0 Å². The van der Waals surface area contributed by atoms with Crippen molar-refractivity contribution in [3.8, 4) is 5.75 Å². The van der Waals surface area contributed by atoms with Crippen LogP contribution in [0.2, 0.25) is 0 Å². The summed E-state index contributed by atoms with van der Waals surface area (Å²) in [5.41, 5.74) is 0.707. The van der Waals surface area contributed by atoms with Gasteiger partial charge in [-0.25, -0.2) is 0 Å². The number of ether oxygens (including phenoxy) is 1. The zero-order valence-corrected chi connectivity index (χ0v) is 11.7. The maximum Gasteiger partial charge on any atom is 0.251 e. The van der Waals surface area contributed by atoms with E-state index in [2.05, 4.69) is 11.9 Å². The predicted octanol–water partition coefficient (Wildman–Crippen LogP) is 3.17. The van der Waals surface area contributed by atoms with Crippen LogP contribution in [0.25, 0.3) is 0 Å². The SMILES string of the molecule is C=CCOc1ccc(C(=O)N[C@H]2C[C@H]3CC[C@@H]2C3)cc1. The van der Waals surface area contributed by atoms with E-state index in [1.54, 1.807) is 6.08 Å². The van der Waals surface area contributed by atoms with Crippen molar-refractivity contribution in [3.05, 3.63) is 42.5 Å². The largest absolute Gasteiger partial charge is 0.490 e. The van der Waals surface area contributed by atoms with E-state index in [1.807, 2.05) is 24.3 Å². The van der Waals surface area contributed by atoms with Crippen molar-refractivity contribution in [3.63, 3.8) is 0 Å². The quantitative estimate of drug-likeness (QED) is 0.835. The molecule has 1 amide bonds. The normalized spacial score (nSPS) is 27.3. The standard InChI is InChI=1S/C17H21NO2/c1-2-9-20-15-7-5-13(6-8-15)17(19)18-16-11-12-3-4-14(16)10-12/h2,5-8,12,14,16H,1,3-4,9-11H2,(H,18,19)/t12-,14+,16-/m0/s1. The van der Waals surface area contributed by atoms with Crippen LogP contribution < -0.4 is 10.1 Å². The monoisotopic (exact) mass is 271 g/mol. The highest BCUT2D eigenvalue weighted by Gasteiger charge is 2.40. The van der Waals surface area contributed by atoms with Crippen molar-refractivity contribution in [1.29, 1.82) is 0 Å². The molecule has 3 nitrogen and oxygen atoms in total. The number of carbonyl (C=O) groups is 1. The topological polar surface area (TPSA) is 38.3 Å². The molecule has 2 aliphatic rings. The third-order valence-corrected chi connectivity index (χ3v) is 4.54. The second kappa shape index (κ2) is 5.70. The van der Waals surface area contributed by atoms with Crippen LogP contribution in [0.3, 0.4) is 0 Å². The number of fused-ring (bicyclic) bond motifs is 2. The molecule has 1 N–H and O–H groups in total. The Kier molecular flexibility index (Phi) is 3.77. The summed E-state index contributed by atoms with van der Waals surface area (Å²) in [5, 5.41) is 3.19. The van der Waals surface area contributed by atoms with Gasteiger partial charge in [0.25, 0.3) is 5.91 Å². The Labute approximate surface area is 120 Å². The summed E-state index contributed by atoms with van der Waals surface area (Å²) in [7, 11) is 0. The number of hydrogen-bond acceptors (Lipinski definition) is 2. The molecule has 0 saturated heterocycles. The van der Waals surface area contributed by atoms with Gasteiger partial charge in [-0.1, -0.05) is 19.1 Å². The molecule has 3 rings (SSSR count). The second-order valence-corrected chi connectivity index (χ2v) is 5.88. The number of amides is 1. The molecule has 0 heterocycles. The average molecular weight is 271 g/mol. The molecule has 1 aromatic rings.